The molecule has 0 saturated carbocycles. The first kappa shape index (κ1) is 50.7. The first-order valence-corrected chi connectivity index (χ1v) is 22.0. The van der Waals surface area contributed by atoms with E-state index in [4.69, 9.17) is 18.5 Å². The van der Waals surface area contributed by atoms with Gasteiger partial charge in [-0.1, -0.05) is 152 Å². The average molecular weight is 767 g/mol. The highest BCUT2D eigenvalue weighted by Crippen LogP contribution is 2.43. The van der Waals surface area contributed by atoms with Crippen LogP contribution in [-0.4, -0.2) is 74.9 Å². The Balaban J connectivity index is 4.54. The number of carbonyl (C=O) groups excluding carboxylic acids is 2. The van der Waals surface area contributed by atoms with Crippen LogP contribution in [0.4, 0.5) is 0 Å². The molecule has 0 spiro atoms. The minimum Gasteiger partial charge on any atom is -0.462 e. The molecule has 0 bridgehead atoms. The number of hydrogen-bond donors (Lipinski definition) is 1. The van der Waals surface area contributed by atoms with Gasteiger partial charge in [0.05, 0.1) is 27.7 Å². The Hall–Kier alpha value is -2.29. The van der Waals surface area contributed by atoms with Crippen LogP contribution < -0.4 is 0 Å². The van der Waals surface area contributed by atoms with E-state index < -0.39 is 32.5 Å². The molecule has 0 saturated heterocycles. The van der Waals surface area contributed by atoms with Gasteiger partial charge in [0.2, 0.25) is 0 Å². The van der Waals surface area contributed by atoms with E-state index in [-0.39, 0.29) is 26.1 Å². The summed E-state index contributed by atoms with van der Waals surface area (Å²) in [6.07, 6.45) is 41.4. The van der Waals surface area contributed by atoms with Crippen LogP contribution in [0.3, 0.4) is 0 Å². The second-order valence-electron chi connectivity index (χ2n) is 14.7. The number of rotatable bonds is 36. The van der Waals surface area contributed by atoms with Crippen molar-refractivity contribution >= 4 is 19.8 Å². The van der Waals surface area contributed by atoms with Gasteiger partial charge in [-0.05, 0) is 44.9 Å². The first-order chi connectivity index (χ1) is 25.5. The van der Waals surface area contributed by atoms with Gasteiger partial charge in [-0.3, -0.25) is 18.6 Å². The lowest BCUT2D eigenvalue weighted by molar-refractivity contribution is -0.870. The van der Waals surface area contributed by atoms with Crippen LogP contribution >= 0.6 is 7.82 Å². The van der Waals surface area contributed by atoms with E-state index in [2.05, 4.69) is 62.5 Å². The number of phosphoric ester groups is 1. The zero-order valence-electron chi connectivity index (χ0n) is 34.2. The lowest BCUT2D eigenvalue weighted by Gasteiger charge is -2.24. The fraction of sp³-hybridized carbons (Fsp3) is 0.721. The lowest BCUT2D eigenvalue weighted by Crippen LogP contribution is -2.37. The minimum atomic E-state index is -4.39. The highest BCUT2D eigenvalue weighted by molar-refractivity contribution is 7.47. The summed E-state index contributed by atoms with van der Waals surface area (Å²) in [6.45, 7) is 4.24. The zero-order chi connectivity index (χ0) is 39.3. The number of hydrogen-bond acceptors (Lipinski definition) is 7. The Morgan fingerprint density at radius 2 is 1.06 bits per heavy atom. The molecular formula is C43H77NO8P+. The fourth-order valence-electron chi connectivity index (χ4n) is 5.06. The second-order valence-corrected chi connectivity index (χ2v) is 16.1. The monoisotopic (exact) mass is 767 g/mol. The number of carbonyl (C=O) groups is 2. The molecule has 0 aliphatic heterocycles. The molecule has 1 N–H and O–H groups in total. The third-order valence-corrected chi connectivity index (χ3v) is 9.28. The number of esters is 2. The lowest BCUT2D eigenvalue weighted by atomic mass is 10.0. The Labute approximate surface area is 324 Å². The Morgan fingerprint density at radius 1 is 0.585 bits per heavy atom. The SMILES string of the molecule is CCC/C=C\C/C=C\C/C=C\C/C=C\C/C=C\CCC(=O)OC(COC(=O)CCCCCCCCCCCCCC)COP(=O)(O)OCC[N+](C)(C)C. The quantitative estimate of drug-likeness (QED) is 0.0221. The van der Waals surface area contributed by atoms with E-state index in [0.29, 0.717) is 17.4 Å². The van der Waals surface area contributed by atoms with E-state index >= 15 is 0 Å². The van der Waals surface area contributed by atoms with E-state index in [0.717, 1.165) is 51.4 Å². The summed E-state index contributed by atoms with van der Waals surface area (Å²) in [7, 11) is 1.42. The van der Waals surface area contributed by atoms with Crippen molar-refractivity contribution in [2.45, 2.75) is 155 Å². The summed E-state index contributed by atoms with van der Waals surface area (Å²) in [5, 5.41) is 0. The summed E-state index contributed by atoms with van der Waals surface area (Å²) in [5.41, 5.74) is 0. The van der Waals surface area contributed by atoms with Gasteiger partial charge < -0.3 is 18.9 Å². The summed E-state index contributed by atoms with van der Waals surface area (Å²) in [4.78, 5) is 35.2. The van der Waals surface area contributed by atoms with Crippen molar-refractivity contribution in [3.8, 4) is 0 Å². The Kier molecular flexibility index (Phi) is 33.9. The highest BCUT2D eigenvalue weighted by atomic mass is 31.2. The van der Waals surface area contributed by atoms with Crippen molar-refractivity contribution in [2.75, 3.05) is 47.5 Å². The predicted molar refractivity (Wildman–Crippen MR) is 219 cm³/mol. The van der Waals surface area contributed by atoms with Crippen molar-refractivity contribution in [3.63, 3.8) is 0 Å². The van der Waals surface area contributed by atoms with Crippen molar-refractivity contribution in [1.29, 1.82) is 0 Å². The molecule has 0 aliphatic carbocycles. The van der Waals surface area contributed by atoms with Gasteiger partial charge in [-0.15, -0.1) is 0 Å². The summed E-state index contributed by atoms with van der Waals surface area (Å²) < 4.78 is 34.1. The van der Waals surface area contributed by atoms with Gasteiger partial charge in [0.15, 0.2) is 6.10 Å². The largest absolute Gasteiger partial charge is 0.472 e. The zero-order valence-corrected chi connectivity index (χ0v) is 35.1. The van der Waals surface area contributed by atoms with E-state index in [1.54, 1.807) is 0 Å². The number of unbranched alkanes of at least 4 members (excludes halogenated alkanes) is 12. The molecule has 0 aromatic rings. The number of likely N-dealkylation sites (N-methyl/N-ethyl adjacent to an activating group) is 1. The van der Waals surface area contributed by atoms with Crippen molar-refractivity contribution < 1.29 is 42.1 Å². The fourth-order valence-corrected chi connectivity index (χ4v) is 5.80. The van der Waals surface area contributed by atoms with Crippen LogP contribution in [0.25, 0.3) is 0 Å². The normalized spacial score (nSPS) is 14.3. The average Bonchev–Trinajstić information content (AvgIpc) is 3.10. The molecule has 10 heteroatoms. The first-order valence-electron chi connectivity index (χ1n) is 20.5. The summed E-state index contributed by atoms with van der Waals surface area (Å²) in [6, 6.07) is 0. The van der Waals surface area contributed by atoms with Gasteiger partial charge in [0, 0.05) is 12.8 Å². The van der Waals surface area contributed by atoms with Crippen molar-refractivity contribution in [3.05, 3.63) is 60.8 Å². The van der Waals surface area contributed by atoms with Gasteiger partial charge in [0.1, 0.15) is 19.8 Å². The highest BCUT2D eigenvalue weighted by Gasteiger charge is 2.27. The molecule has 0 radical (unpaired) electrons. The van der Waals surface area contributed by atoms with E-state index in [1.165, 1.54) is 64.2 Å². The Bertz CT molecular complexity index is 1090. The third kappa shape index (κ3) is 39.2. The molecule has 0 amide bonds. The maximum Gasteiger partial charge on any atom is 0.472 e. The van der Waals surface area contributed by atoms with Crippen LogP contribution in [0.1, 0.15) is 149 Å². The number of nitrogens with zero attached hydrogens (tertiary/aromatic N) is 1. The molecule has 53 heavy (non-hydrogen) atoms. The molecule has 0 heterocycles. The summed E-state index contributed by atoms with van der Waals surface area (Å²) in [5.74, 6) is -0.899. The minimum absolute atomic E-state index is 0.0169. The molecule has 2 atom stereocenters. The van der Waals surface area contributed by atoms with Crippen LogP contribution in [0.2, 0.25) is 0 Å². The second kappa shape index (κ2) is 35.4. The van der Waals surface area contributed by atoms with Crippen LogP contribution in [-0.2, 0) is 32.7 Å². The number of allylic oxidation sites excluding steroid dienone is 10. The standard InChI is InChI=1S/C43H76NO8P/c1-6-8-10-12-14-16-18-20-21-22-23-24-26-28-30-32-34-36-43(46)52-41(40-51-53(47,48)50-38-37-44(3,4)5)39-49-42(45)35-33-31-29-27-25-19-17-15-13-11-9-7-2/h10,12,16,18,21-22,24,26,30,32,41H,6-9,11,13-15,17,19-20,23,25,27-29,31,33-40H2,1-5H3/p+1/b12-10-,18-16-,22-21-,26-24-,32-30-. The number of quaternary nitrogens is 1. The van der Waals surface area contributed by atoms with Gasteiger partial charge in [0.25, 0.3) is 0 Å². The number of phosphoric acid groups is 1. The van der Waals surface area contributed by atoms with Crippen LogP contribution in [0.15, 0.2) is 60.8 Å². The molecule has 2 unspecified atom stereocenters. The maximum atomic E-state index is 12.6. The molecular weight excluding hydrogens is 689 g/mol. The van der Waals surface area contributed by atoms with Gasteiger partial charge >= 0.3 is 19.8 Å². The molecule has 9 nitrogen and oxygen atoms in total. The van der Waals surface area contributed by atoms with E-state index in [1.807, 2.05) is 33.3 Å². The van der Waals surface area contributed by atoms with Crippen LogP contribution in [0, 0.1) is 0 Å². The van der Waals surface area contributed by atoms with E-state index in [9.17, 15) is 19.0 Å². The van der Waals surface area contributed by atoms with Crippen molar-refractivity contribution in [2.24, 2.45) is 0 Å². The van der Waals surface area contributed by atoms with Crippen LogP contribution in [0.5, 0.6) is 0 Å². The van der Waals surface area contributed by atoms with Gasteiger partial charge in [-0.2, -0.15) is 0 Å². The molecule has 306 valence electrons. The molecule has 0 aliphatic rings. The molecule has 0 aromatic heterocycles. The Morgan fingerprint density at radius 3 is 1.55 bits per heavy atom. The van der Waals surface area contributed by atoms with Crippen molar-refractivity contribution in [1.82, 2.24) is 0 Å². The number of ether oxygens (including phenoxy) is 2. The maximum absolute atomic E-state index is 12.6. The molecule has 0 fully saturated rings. The predicted octanol–water partition coefficient (Wildman–Crippen LogP) is 11.3. The smallest absolute Gasteiger partial charge is 0.462 e. The molecule has 0 aromatic carbocycles. The molecule has 0 rings (SSSR count). The van der Waals surface area contributed by atoms with Gasteiger partial charge in [-0.25, -0.2) is 4.57 Å². The third-order valence-electron chi connectivity index (χ3n) is 8.30. The topological polar surface area (TPSA) is 108 Å². The summed E-state index contributed by atoms with van der Waals surface area (Å²) >= 11 is 0.